The van der Waals surface area contributed by atoms with Gasteiger partial charge >= 0.3 is 0 Å². The fourth-order valence-electron chi connectivity index (χ4n) is 4.64. The van der Waals surface area contributed by atoms with Crippen LogP contribution in [0.1, 0.15) is 43.1 Å². The van der Waals surface area contributed by atoms with Gasteiger partial charge in [0.2, 0.25) is 0 Å². The molecule has 2 aliphatic rings. The summed E-state index contributed by atoms with van der Waals surface area (Å²) in [6, 6.07) is 13.6. The fourth-order valence-corrected chi connectivity index (χ4v) is 4.64. The van der Waals surface area contributed by atoms with Gasteiger partial charge in [-0.25, -0.2) is 5.01 Å². The lowest BCUT2D eigenvalue weighted by Crippen LogP contribution is -2.48. The molecule has 6 nitrogen and oxygen atoms in total. The first kappa shape index (κ1) is 20.4. The summed E-state index contributed by atoms with van der Waals surface area (Å²) in [5.74, 6) is 1.36. The molecular formula is C24H28N2O4. The fraction of sp³-hybridized carbons (Fsp3) is 0.417. The van der Waals surface area contributed by atoms with Gasteiger partial charge in [0.15, 0.2) is 17.6 Å². The van der Waals surface area contributed by atoms with Crippen molar-refractivity contribution in [3.63, 3.8) is 0 Å². The van der Waals surface area contributed by atoms with Gasteiger partial charge in [0, 0.05) is 18.6 Å². The minimum Gasteiger partial charge on any atom is -0.493 e. The predicted molar refractivity (Wildman–Crippen MR) is 115 cm³/mol. The van der Waals surface area contributed by atoms with Crippen molar-refractivity contribution in [2.45, 2.75) is 38.3 Å². The monoisotopic (exact) mass is 408 g/mol. The molecule has 0 aromatic heterocycles. The highest BCUT2D eigenvalue weighted by molar-refractivity contribution is 6.08. The number of benzene rings is 2. The molecule has 0 N–H and O–H groups in total. The quantitative estimate of drug-likeness (QED) is 0.751. The summed E-state index contributed by atoms with van der Waals surface area (Å²) in [6.45, 7) is 4.16. The molecule has 4 rings (SSSR count). The Kier molecular flexibility index (Phi) is 5.28. The van der Waals surface area contributed by atoms with Crippen molar-refractivity contribution in [1.29, 1.82) is 0 Å². The van der Waals surface area contributed by atoms with Crippen LogP contribution in [-0.4, -0.2) is 43.5 Å². The molecule has 1 aliphatic carbocycles. The zero-order valence-electron chi connectivity index (χ0n) is 18.1. The lowest BCUT2D eigenvalue weighted by Gasteiger charge is -2.37. The molecule has 158 valence electrons. The molecule has 0 spiro atoms. The number of ether oxygens (including phenoxy) is 3. The molecular weight excluding hydrogens is 380 g/mol. The third-order valence-electron chi connectivity index (χ3n) is 6.30. The highest BCUT2D eigenvalue weighted by Crippen LogP contribution is 2.45. The van der Waals surface area contributed by atoms with E-state index in [1.807, 2.05) is 42.5 Å². The van der Waals surface area contributed by atoms with Gasteiger partial charge in [-0.2, -0.15) is 5.10 Å². The Balaban J connectivity index is 1.75. The summed E-state index contributed by atoms with van der Waals surface area (Å²) >= 11 is 0. The molecule has 0 radical (unpaired) electrons. The first-order valence-corrected chi connectivity index (χ1v) is 10.2. The molecule has 1 heterocycles. The van der Waals surface area contributed by atoms with Crippen LogP contribution < -0.4 is 9.47 Å². The number of aryl methyl sites for hydroxylation is 1. The van der Waals surface area contributed by atoms with Gasteiger partial charge in [-0.05, 0) is 49.9 Å². The van der Waals surface area contributed by atoms with Crippen LogP contribution in [0.4, 0.5) is 0 Å². The van der Waals surface area contributed by atoms with Crippen LogP contribution in [0.2, 0.25) is 0 Å². The summed E-state index contributed by atoms with van der Waals surface area (Å²) in [4.78, 5) is 13.5. The van der Waals surface area contributed by atoms with E-state index in [2.05, 4.69) is 13.8 Å². The Morgan fingerprint density at radius 3 is 2.40 bits per heavy atom. The zero-order chi connectivity index (χ0) is 21.5. The number of rotatable bonds is 5. The van der Waals surface area contributed by atoms with Crippen molar-refractivity contribution in [2.24, 2.45) is 11.0 Å². The van der Waals surface area contributed by atoms with Gasteiger partial charge in [0.25, 0.3) is 5.91 Å². The Labute approximate surface area is 177 Å². The van der Waals surface area contributed by atoms with Gasteiger partial charge in [0.1, 0.15) is 0 Å². The minimum absolute atomic E-state index is 0.139. The van der Waals surface area contributed by atoms with Crippen LogP contribution in [-0.2, 0) is 16.0 Å². The maximum atomic E-state index is 13.5. The Hall–Kier alpha value is -2.86. The van der Waals surface area contributed by atoms with Gasteiger partial charge in [-0.15, -0.1) is 0 Å². The van der Waals surface area contributed by atoms with E-state index in [1.165, 1.54) is 5.56 Å². The van der Waals surface area contributed by atoms with Crippen molar-refractivity contribution in [2.75, 3.05) is 21.3 Å². The van der Waals surface area contributed by atoms with E-state index in [1.54, 1.807) is 26.3 Å². The summed E-state index contributed by atoms with van der Waals surface area (Å²) in [7, 11) is 4.83. The zero-order valence-corrected chi connectivity index (χ0v) is 18.1. The largest absolute Gasteiger partial charge is 0.493 e. The lowest BCUT2D eigenvalue weighted by molar-refractivity contribution is -0.148. The molecule has 1 unspecified atom stereocenters. The molecule has 0 fully saturated rings. The molecule has 0 saturated carbocycles. The maximum Gasteiger partial charge on any atom is 0.276 e. The Bertz CT molecular complexity index is 984. The number of carbonyl (C=O) groups excluding carboxylic acids is 1. The normalized spacial score (nSPS) is 20.1. The van der Waals surface area contributed by atoms with Crippen LogP contribution in [0.5, 0.6) is 11.5 Å². The van der Waals surface area contributed by atoms with Crippen LogP contribution in [0, 0.1) is 5.92 Å². The lowest BCUT2D eigenvalue weighted by atomic mass is 9.73. The van der Waals surface area contributed by atoms with Crippen molar-refractivity contribution < 1.29 is 19.0 Å². The van der Waals surface area contributed by atoms with Crippen molar-refractivity contribution >= 4 is 11.6 Å². The van der Waals surface area contributed by atoms with Gasteiger partial charge in [-0.1, -0.05) is 30.3 Å². The van der Waals surface area contributed by atoms with E-state index in [0.717, 1.165) is 29.7 Å². The number of hydrogen-bond donors (Lipinski definition) is 0. The number of carbonyl (C=O) groups is 1. The van der Waals surface area contributed by atoms with Crippen LogP contribution in [0.25, 0.3) is 0 Å². The molecule has 30 heavy (non-hydrogen) atoms. The molecule has 2 aromatic rings. The topological polar surface area (TPSA) is 60.4 Å². The number of hydrogen-bond acceptors (Lipinski definition) is 5. The van der Waals surface area contributed by atoms with E-state index in [-0.39, 0.29) is 11.8 Å². The second-order valence-electron chi connectivity index (χ2n) is 8.27. The molecule has 0 bridgehead atoms. The molecule has 2 aromatic carbocycles. The molecule has 2 atom stereocenters. The second kappa shape index (κ2) is 7.76. The van der Waals surface area contributed by atoms with Crippen molar-refractivity contribution in [1.82, 2.24) is 5.01 Å². The van der Waals surface area contributed by atoms with Crippen molar-refractivity contribution in [3.8, 4) is 11.5 Å². The third-order valence-corrected chi connectivity index (χ3v) is 6.30. The third kappa shape index (κ3) is 3.16. The smallest absolute Gasteiger partial charge is 0.276 e. The highest BCUT2D eigenvalue weighted by atomic mass is 16.5. The first-order chi connectivity index (χ1) is 14.4. The number of amides is 1. The van der Waals surface area contributed by atoms with Gasteiger partial charge in [-0.3, -0.25) is 4.79 Å². The highest BCUT2D eigenvalue weighted by Gasteiger charge is 2.50. The molecule has 1 amide bonds. The molecule has 1 aliphatic heterocycles. The van der Waals surface area contributed by atoms with Crippen LogP contribution in [0.3, 0.4) is 0 Å². The minimum atomic E-state index is -0.695. The predicted octanol–water partition coefficient (Wildman–Crippen LogP) is 3.98. The average molecular weight is 408 g/mol. The van der Waals surface area contributed by atoms with Crippen molar-refractivity contribution in [3.05, 3.63) is 59.2 Å². The summed E-state index contributed by atoms with van der Waals surface area (Å²) in [6.07, 6.45) is 1.12. The number of fused-ring (bicyclic) bond motifs is 3. The summed E-state index contributed by atoms with van der Waals surface area (Å²) < 4.78 is 16.6. The number of nitrogens with zero attached hydrogens (tertiary/aromatic N) is 2. The number of hydrazone groups is 1. The van der Waals surface area contributed by atoms with E-state index >= 15 is 0 Å². The van der Waals surface area contributed by atoms with E-state index < -0.39 is 11.6 Å². The number of methoxy groups -OCH3 is 3. The average Bonchev–Trinajstić information content (AvgIpc) is 3.04. The Morgan fingerprint density at radius 1 is 1.10 bits per heavy atom. The molecule has 0 saturated heterocycles. The van der Waals surface area contributed by atoms with Crippen LogP contribution in [0.15, 0.2) is 47.6 Å². The van der Waals surface area contributed by atoms with Gasteiger partial charge in [0.05, 0.1) is 25.5 Å². The van der Waals surface area contributed by atoms with E-state index in [9.17, 15) is 4.79 Å². The summed E-state index contributed by atoms with van der Waals surface area (Å²) in [5.41, 5.74) is 3.49. The molecule has 6 heteroatoms. The summed E-state index contributed by atoms with van der Waals surface area (Å²) in [5, 5.41) is 6.48. The second-order valence-corrected chi connectivity index (χ2v) is 8.27. The van der Waals surface area contributed by atoms with Crippen LogP contribution >= 0.6 is 0 Å². The van der Waals surface area contributed by atoms with E-state index in [0.29, 0.717) is 11.5 Å². The van der Waals surface area contributed by atoms with E-state index in [4.69, 9.17) is 19.3 Å². The standard InChI is InChI=1S/C24H28N2O4/c1-24(2)18-12-11-16-13-19(28-3)20(29-4)14-17(16)21(18)25-26(24)23(27)22(30-5)15-9-7-6-8-10-15/h6-10,13-14,18,22H,11-12H2,1-5H3/t18?,22-/m1/s1. The maximum absolute atomic E-state index is 13.5. The van der Waals surface area contributed by atoms with Gasteiger partial charge < -0.3 is 14.2 Å². The Morgan fingerprint density at radius 2 is 1.77 bits per heavy atom. The SMILES string of the molecule is COc1cc2c(cc1OC)C1=NN(C(=O)[C@H](OC)c3ccccc3)C(C)(C)C1CC2. The first-order valence-electron chi connectivity index (χ1n) is 10.2.